The first-order chi connectivity index (χ1) is 14.8. The van der Waals surface area contributed by atoms with Gasteiger partial charge in [-0.05, 0) is 43.2 Å². The summed E-state index contributed by atoms with van der Waals surface area (Å²) >= 11 is 0. The molecule has 0 bridgehead atoms. The molecule has 0 spiro atoms. The van der Waals surface area contributed by atoms with E-state index >= 15 is 0 Å². The number of alkyl halides is 3. The quantitative estimate of drug-likeness (QED) is 0.705. The number of carbonyl (C=O) groups excluding carboxylic acids is 1. The number of aromatic nitrogens is 2. The summed E-state index contributed by atoms with van der Waals surface area (Å²) in [6, 6.07) is 2.48. The molecule has 4 heterocycles. The number of hydrogen-bond acceptors (Lipinski definition) is 4. The third-order valence-electron chi connectivity index (χ3n) is 7.29. The van der Waals surface area contributed by atoms with E-state index in [0.717, 1.165) is 30.4 Å². The second-order valence-electron chi connectivity index (χ2n) is 9.15. The minimum Gasteiger partial charge on any atom is -0.467 e. The van der Waals surface area contributed by atoms with Crippen molar-refractivity contribution in [1.29, 1.82) is 0 Å². The third kappa shape index (κ3) is 3.61. The Balaban J connectivity index is 1.45. The summed E-state index contributed by atoms with van der Waals surface area (Å²) in [7, 11) is 0. The summed E-state index contributed by atoms with van der Waals surface area (Å²) in [5.41, 5.74) is 0.0794. The van der Waals surface area contributed by atoms with Crippen molar-refractivity contribution in [2.24, 2.45) is 11.8 Å². The Bertz CT molecular complexity index is 939. The van der Waals surface area contributed by atoms with Crippen molar-refractivity contribution < 1.29 is 22.4 Å². The average Bonchev–Trinajstić information content (AvgIpc) is 3.42. The molecule has 2 aromatic heterocycles. The van der Waals surface area contributed by atoms with Crippen molar-refractivity contribution in [2.75, 3.05) is 11.9 Å². The predicted molar refractivity (Wildman–Crippen MR) is 108 cm³/mol. The minimum absolute atomic E-state index is 0.0794. The Kier molecular flexibility index (Phi) is 5.01. The maximum Gasteiger partial charge on any atom is 0.410 e. The number of rotatable bonds is 2. The molecule has 0 radical (unpaired) electrons. The number of amides is 1. The van der Waals surface area contributed by atoms with E-state index in [1.54, 1.807) is 12.1 Å². The van der Waals surface area contributed by atoms with E-state index in [0.29, 0.717) is 24.1 Å². The summed E-state index contributed by atoms with van der Waals surface area (Å²) in [5.74, 6) is 1.40. The summed E-state index contributed by atoms with van der Waals surface area (Å²) < 4.78 is 47.8. The van der Waals surface area contributed by atoms with E-state index in [1.165, 1.54) is 18.8 Å². The molecule has 9 heteroatoms. The normalized spacial score (nSPS) is 31.0. The first kappa shape index (κ1) is 20.5. The standard InChI is InChI=1S/C22H27F3N4O2/c1-13-8-9-28(17-6-3-2-5-14(13)17)21(30)16-12-20-26-15(18-7-4-10-31-18)11-19(22(23,24)25)29(20)27-16/h4,7,10,12-15,17,19,26H,2-3,5-6,8-9,11H2,1H3/t13-,14-,15-,17+,19+/m1/s1. The van der Waals surface area contributed by atoms with Crippen molar-refractivity contribution in [3.05, 3.63) is 35.9 Å². The summed E-state index contributed by atoms with van der Waals surface area (Å²) in [6.07, 6.45) is 1.96. The fourth-order valence-electron chi connectivity index (χ4n) is 5.67. The second-order valence-corrected chi connectivity index (χ2v) is 9.15. The van der Waals surface area contributed by atoms with Gasteiger partial charge in [-0.3, -0.25) is 4.79 Å². The Morgan fingerprint density at radius 3 is 2.81 bits per heavy atom. The summed E-state index contributed by atoms with van der Waals surface area (Å²) in [5, 5.41) is 7.24. The molecule has 3 aliphatic rings. The lowest BCUT2D eigenvalue weighted by molar-refractivity contribution is -0.174. The fraction of sp³-hybridized carbons (Fsp3) is 0.636. The molecule has 168 valence electrons. The highest BCUT2D eigenvalue weighted by atomic mass is 19.4. The van der Waals surface area contributed by atoms with Gasteiger partial charge in [0.2, 0.25) is 0 Å². The number of hydrogen-bond donors (Lipinski definition) is 1. The van der Waals surface area contributed by atoms with Gasteiger partial charge in [0.05, 0.1) is 12.3 Å². The van der Waals surface area contributed by atoms with Gasteiger partial charge in [0.1, 0.15) is 11.6 Å². The second kappa shape index (κ2) is 7.60. The van der Waals surface area contributed by atoms with Crippen LogP contribution in [0.3, 0.4) is 0 Å². The smallest absolute Gasteiger partial charge is 0.410 e. The molecule has 1 saturated heterocycles. The van der Waals surface area contributed by atoms with Crippen molar-refractivity contribution in [3.8, 4) is 0 Å². The monoisotopic (exact) mass is 436 g/mol. The minimum atomic E-state index is -4.48. The molecule has 1 N–H and O–H groups in total. The summed E-state index contributed by atoms with van der Waals surface area (Å²) in [6.45, 7) is 2.88. The lowest BCUT2D eigenvalue weighted by Crippen LogP contribution is -2.52. The Morgan fingerprint density at radius 1 is 1.26 bits per heavy atom. The van der Waals surface area contributed by atoms with E-state index in [2.05, 4.69) is 17.3 Å². The number of likely N-dealkylation sites (tertiary alicyclic amines) is 1. The van der Waals surface area contributed by atoms with Crippen LogP contribution in [0.1, 0.15) is 73.8 Å². The molecule has 1 saturated carbocycles. The van der Waals surface area contributed by atoms with Crippen LogP contribution in [0.25, 0.3) is 0 Å². The highest BCUT2D eigenvalue weighted by Gasteiger charge is 2.48. The summed E-state index contributed by atoms with van der Waals surface area (Å²) in [4.78, 5) is 15.2. The van der Waals surface area contributed by atoms with Gasteiger partial charge < -0.3 is 14.6 Å². The Hall–Kier alpha value is -2.45. The zero-order valence-electron chi connectivity index (χ0n) is 17.4. The lowest BCUT2D eigenvalue weighted by Gasteiger charge is -2.47. The SMILES string of the molecule is C[C@@H]1CCN(C(=O)c2cc3n(n2)[C@H](C(F)(F)F)C[C@H](c2ccco2)N3)[C@H]2CCCC[C@H]12. The van der Waals surface area contributed by atoms with Crippen LogP contribution in [0, 0.1) is 11.8 Å². The van der Waals surface area contributed by atoms with E-state index in [1.807, 2.05) is 4.90 Å². The molecule has 1 amide bonds. The van der Waals surface area contributed by atoms with Crippen molar-refractivity contribution in [3.63, 3.8) is 0 Å². The van der Waals surface area contributed by atoms with Crippen LogP contribution in [-0.4, -0.2) is 39.4 Å². The largest absolute Gasteiger partial charge is 0.467 e. The molecular weight excluding hydrogens is 409 g/mol. The molecule has 1 aliphatic carbocycles. The zero-order chi connectivity index (χ0) is 21.8. The van der Waals surface area contributed by atoms with Crippen LogP contribution >= 0.6 is 0 Å². The number of nitrogens with zero attached hydrogens (tertiary/aromatic N) is 3. The molecule has 2 fully saturated rings. The predicted octanol–water partition coefficient (Wildman–Crippen LogP) is 5.18. The molecule has 6 nitrogen and oxygen atoms in total. The molecule has 0 unspecified atom stereocenters. The zero-order valence-corrected chi connectivity index (χ0v) is 17.4. The number of furan rings is 1. The van der Waals surface area contributed by atoms with E-state index < -0.39 is 18.3 Å². The van der Waals surface area contributed by atoms with E-state index in [9.17, 15) is 18.0 Å². The molecular formula is C22H27F3N4O2. The van der Waals surface area contributed by atoms with Gasteiger partial charge in [-0.1, -0.05) is 19.8 Å². The average molecular weight is 436 g/mol. The van der Waals surface area contributed by atoms with Gasteiger partial charge in [-0.25, -0.2) is 4.68 Å². The number of carbonyl (C=O) groups is 1. The number of anilines is 1. The first-order valence-corrected chi connectivity index (χ1v) is 11.1. The first-order valence-electron chi connectivity index (χ1n) is 11.1. The number of nitrogens with one attached hydrogen (secondary N) is 1. The van der Waals surface area contributed by atoms with Crippen molar-refractivity contribution in [2.45, 2.75) is 69.8 Å². The van der Waals surface area contributed by atoms with E-state index in [-0.39, 0.29) is 29.9 Å². The molecule has 31 heavy (non-hydrogen) atoms. The fourth-order valence-corrected chi connectivity index (χ4v) is 5.67. The Labute approximate surface area is 178 Å². The van der Waals surface area contributed by atoms with Crippen LogP contribution < -0.4 is 5.32 Å². The van der Waals surface area contributed by atoms with Crippen LogP contribution in [0.4, 0.5) is 19.0 Å². The number of fused-ring (bicyclic) bond motifs is 2. The van der Waals surface area contributed by atoms with Gasteiger partial charge in [0, 0.05) is 25.1 Å². The van der Waals surface area contributed by atoms with E-state index in [4.69, 9.17) is 4.42 Å². The lowest BCUT2D eigenvalue weighted by atomic mass is 9.72. The van der Waals surface area contributed by atoms with Crippen molar-refractivity contribution >= 4 is 11.7 Å². The van der Waals surface area contributed by atoms with Crippen LogP contribution in [0.15, 0.2) is 28.9 Å². The maximum atomic E-state index is 13.8. The Morgan fingerprint density at radius 2 is 2.06 bits per heavy atom. The van der Waals surface area contributed by atoms with Gasteiger partial charge in [-0.15, -0.1) is 0 Å². The topological polar surface area (TPSA) is 63.3 Å². The van der Waals surface area contributed by atoms with Gasteiger partial charge in [0.15, 0.2) is 11.7 Å². The molecule has 0 aromatic carbocycles. The third-order valence-corrected chi connectivity index (χ3v) is 7.29. The van der Waals surface area contributed by atoms with Crippen molar-refractivity contribution in [1.82, 2.24) is 14.7 Å². The highest BCUT2D eigenvalue weighted by Crippen LogP contribution is 2.44. The van der Waals surface area contributed by atoms with Crippen LogP contribution in [-0.2, 0) is 0 Å². The van der Waals surface area contributed by atoms with Crippen LogP contribution in [0.2, 0.25) is 0 Å². The number of halogens is 3. The molecule has 5 rings (SSSR count). The maximum absolute atomic E-state index is 13.8. The number of piperidine rings is 1. The molecule has 5 atom stereocenters. The highest BCUT2D eigenvalue weighted by molar-refractivity contribution is 5.93. The molecule has 2 aromatic rings. The van der Waals surface area contributed by atoms with Gasteiger partial charge in [0.25, 0.3) is 5.91 Å². The molecule has 2 aliphatic heterocycles. The van der Waals surface area contributed by atoms with Gasteiger partial charge >= 0.3 is 6.18 Å². The van der Waals surface area contributed by atoms with Gasteiger partial charge in [-0.2, -0.15) is 18.3 Å². The van der Waals surface area contributed by atoms with Crippen LogP contribution in [0.5, 0.6) is 0 Å².